The van der Waals surface area contributed by atoms with E-state index >= 15 is 0 Å². The number of anilines is 2. The number of thiophene rings is 1. The summed E-state index contributed by atoms with van der Waals surface area (Å²) in [5.41, 5.74) is 2.70. The zero-order valence-corrected chi connectivity index (χ0v) is 19.1. The van der Waals surface area contributed by atoms with Gasteiger partial charge in [-0.15, -0.1) is 11.3 Å². The van der Waals surface area contributed by atoms with Crippen LogP contribution in [0.5, 0.6) is 0 Å². The molecule has 29 heavy (non-hydrogen) atoms. The molecule has 0 amide bonds. The molecule has 6 nitrogen and oxygen atoms in total. The summed E-state index contributed by atoms with van der Waals surface area (Å²) in [7, 11) is -3.43. The van der Waals surface area contributed by atoms with Crippen LogP contribution in [0.15, 0.2) is 51.3 Å². The highest BCUT2D eigenvalue weighted by molar-refractivity contribution is 9.10. The molecule has 3 heterocycles. The van der Waals surface area contributed by atoms with Gasteiger partial charge >= 0.3 is 0 Å². The first kappa shape index (κ1) is 20.5. The van der Waals surface area contributed by atoms with Crippen molar-refractivity contribution in [1.82, 2.24) is 14.3 Å². The molecule has 0 aliphatic carbocycles. The molecule has 1 aliphatic rings. The predicted octanol–water partition coefficient (Wildman–Crippen LogP) is 5.19. The van der Waals surface area contributed by atoms with Crippen molar-refractivity contribution in [2.75, 3.05) is 18.4 Å². The number of benzene rings is 1. The number of hydrogen-bond donors (Lipinski definition) is 1. The van der Waals surface area contributed by atoms with Gasteiger partial charge in [0.2, 0.25) is 5.95 Å². The summed E-state index contributed by atoms with van der Waals surface area (Å²) < 4.78 is 28.8. The average Bonchev–Trinajstić information content (AvgIpc) is 3.23. The normalized spacial score (nSPS) is 15.4. The second-order valence-corrected chi connectivity index (χ2v) is 11.0. The van der Waals surface area contributed by atoms with Crippen molar-refractivity contribution in [3.05, 3.63) is 52.6 Å². The minimum Gasteiger partial charge on any atom is -0.324 e. The fraction of sp³-hybridized carbons (Fsp3) is 0.300. The fourth-order valence-corrected chi connectivity index (χ4v) is 6.43. The van der Waals surface area contributed by atoms with E-state index in [0.29, 0.717) is 28.9 Å². The molecule has 2 aromatic heterocycles. The Morgan fingerprint density at radius 2 is 1.90 bits per heavy atom. The second kappa shape index (κ2) is 8.51. The minimum atomic E-state index is -3.43. The maximum Gasteiger partial charge on any atom is 0.252 e. The second-order valence-electron chi connectivity index (χ2n) is 6.94. The van der Waals surface area contributed by atoms with Gasteiger partial charge in [0, 0.05) is 29.4 Å². The van der Waals surface area contributed by atoms with E-state index in [1.54, 1.807) is 22.6 Å². The summed E-state index contributed by atoms with van der Waals surface area (Å²) in [5, 5.41) is 3.21. The van der Waals surface area contributed by atoms with Gasteiger partial charge in [-0.05, 0) is 61.7 Å². The van der Waals surface area contributed by atoms with Crippen molar-refractivity contribution in [2.45, 2.75) is 30.4 Å². The Hall–Kier alpha value is -1.81. The van der Waals surface area contributed by atoms with Crippen LogP contribution >= 0.6 is 27.3 Å². The summed E-state index contributed by atoms with van der Waals surface area (Å²) in [6.07, 6.45) is 4.62. The predicted molar refractivity (Wildman–Crippen MR) is 120 cm³/mol. The Balaban J connectivity index is 1.56. The Labute approximate surface area is 183 Å². The maximum atomic E-state index is 12.9. The summed E-state index contributed by atoms with van der Waals surface area (Å²) >= 11 is 4.75. The average molecular weight is 493 g/mol. The van der Waals surface area contributed by atoms with Crippen molar-refractivity contribution in [3.8, 4) is 10.6 Å². The number of rotatable bonds is 5. The zero-order valence-electron chi connectivity index (χ0n) is 15.9. The lowest BCUT2D eigenvalue weighted by Gasteiger charge is -2.25. The highest BCUT2D eigenvalue weighted by atomic mass is 79.9. The number of aromatic nitrogens is 2. The molecule has 3 aromatic rings. The molecule has 0 bridgehead atoms. The molecule has 4 rings (SSSR count). The number of nitrogens with one attached hydrogen (secondary N) is 1. The molecule has 9 heteroatoms. The van der Waals surface area contributed by atoms with E-state index in [2.05, 4.69) is 31.2 Å². The number of piperidine rings is 1. The van der Waals surface area contributed by atoms with Crippen LogP contribution in [0.1, 0.15) is 24.8 Å². The van der Waals surface area contributed by atoms with Crippen LogP contribution in [0, 0.1) is 6.92 Å². The van der Waals surface area contributed by atoms with E-state index in [4.69, 9.17) is 0 Å². The summed E-state index contributed by atoms with van der Waals surface area (Å²) in [6, 6.07) is 11.2. The smallest absolute Gasteiger partial charge is 0.252 e. The van der Waals surface area contributed by atoms with Gasteiger partial charge in [-0.3, -0.25) is 0 Å². The fourth-order valence-electron chi connectivity index (χ4n) is 3.24. The molecule has 0 spiro atoms. The highest BCUT2D eigenvalue weighted by Crippen LogP contribution is 2.32. The van der Waals surface area contributed by atoms with Crippen molar-refractivity contribution in [1.29, 1.82) is 0 Å². The van der Waals surface area contributed by atoms with Gasteiger partial charge in [0.15, 0.2) is 0 Å². The minimum absolute atomic E-state index is 0.367. The number of sulfonamides is 1. The summed E-state index contributed by atoms with van der Waals surface area (Å²) in [5.74, 6) is 0.470. The Kier molecular flexibility index (Phi) is 6.00. The Morgan fingerprint density at radius 3 is 2.66 bits per heavy atom. The number of nitrogens with zero attached hydrogens (tertiary/aromatic N) is 3. The van der Waals surface area contributed by atoms with E-state index in [-0.39, 0.29) is 0 Å². The van der Waals surface area contributed by atoms with E-state index in [1.165, 1.54) is 11.3 Å². The van der Waals surface area contributed by atoms with Gasteiger partial charge in [-0.2, -0.15) is 4.31 Å². The first-order valence-electron chi connectivity index (χ1n) is 9.40. The van der Waals surface area contributed by atoms with Crippen LogP contribution in [0.3, 0.4) is 0 Å². The largest absolute Gasteiger partial charge is 0.324 e. The zero-order chi connectivity index (χ0) is 20.4. The molecule has 0 saturated carbocycles. The molecular weight excluding hydrogens is 472 g/mol. The summed E-state index contributed by atoms with van der Waals surface area (Å²) in [4.78, 5) is 9.66. The molecule has 1 fully saturated rings. The number of halogens is 1. The molecule has 0 radical (unpaired) electrons. The van der Waals surface area contributed by atoms with Gasteiger partial charge < -0.3 is 5.32 Å². The molecule has 0 atom stereocenters. The standard InChI is InChI=1S/C20H21BrN4O2S2/c1-14-13-15(5-6-16(14)21)23-20-22-10-9-17(24-20)18-7-8-19(28-18)29(26,27)25-11-3-2-4-12-25/h5-10,13H,2-4,11-12H2,1H3,(H,22,23,24). The molecule has 1 N–H and O–H groups in total. The number of hydrogen-bond acceptors (Lipinski definition) is 6. The molecule has 1 aliphatic heterocycles. The van der Waals surface area contributed by atoms with Gasteiger partial charge in [0.05, 0.1) is 10.6 Å². The van der Waals surface area contributed by atoms with Crippen LogP contribution < -0.4 is 5.32 Å². The quantitative estimate of drug-likeness (QED) is 0.529. The third-order valence-electron chi connectivity index (χ3n) is 4.81. The van der Waals surface area contributed by atoms with Crippen LogP contribution in [-0.2, 0) is 10.0 Å². The molecule has 1 aromatic carbocycles. The van der Waals surface area contributed by atoms with Crippen molar-refractivity contribution >= 4 is 48.9 Å². The molecular formula is C20H21BrN4O2S2. The maximum absolute atomic E-state index is 12.9. The third-order valence-corrected chi connectivity index (χ3v) is 9.18. The monoisotopic (exact) mass is 492 g/mol. The van der Waals surface area contributed by atoms with E-state index in [1.807, 2.05) is 31.2 Å². The van der Waals surface area contributed by atoms with Gasteiger partial charge in [0.25, 0.3) is 10.0 Å². The van der Waals surface area contributed by atoms with Gasteiger partial charge in [-0.1, -0.05) is 22.4 Å². The lowest BCUT2D eigenvalue weighted by molar-refractivity contribution is 0.347. The Bertz CT molecular complexity index is 1130. The first-order valence-corrected chi connectivity index (χ1v) is 12.4. The highest BCUT2D eigenvalue weighted by Gasteiger charge is 2.27. The molecule has 1 saturated heterocycles. The Morgan fingerprint density at radius 1 is 1.10 bits per heavy atom. The van der Waals surface area contributed by atoms with Gasteiger partial charge in [0.1, 0.15) is 4.21 Å². The molecule has 0 unspecified atom stereocenters. The van der Waals surface area contributed by atoms with Crippen molar-refractivity contribution in [3.63, 3.8) is 0 Å². The lowest BCUT2D eigenvalue weighted by Crippen LogP contribution is -2.35. The van der Waals surface area contributed by atoms with Crippen LogP contribution in [0.2, 0.25) is 0 Å². The third kappa shape index (κ3) is 4.53. The molecule has 152 valence electrons. The topological polar surface area (TPSA) is 75.2 Å². The van der Waals surface area contributed by atoms with Gasteiger partial charge in [-0.25, -0.2) is 18.4 Å². The van der Waals surface area contributed by atoms with E-state index in [9.17, 15) is 8.42 Å². The lowest BCUT2D eigenvalue weighted by atomic mass is 10.2. The SMILES string of the molecule is Cc1cc(Nc2nccc(-c3ccc(S(=O)(=O)N4CCCCC4)s3)n2)ccc1Br. The van der Waals surface area contributed by atoms with Crippen LogP contribution in [0.4, 0.5) is 11.6 Å². The van der Waals surface area contributed by atoms with Crippen molar-refractivity contribution in [2.24, 2.45) is 0 Å². The van der Waals surface area contributed by atoms with Crippen LogP contribution in [0.25, 0.3) is 10.6 Å². The van der Waals surface area contributed by atoms with Crippen molar-refractivity contribution < 1.29 is 8.42 Å². The first-order chi connectivity index (χ1) is 13.9. The number of aryl methyl sites for hydroxylation is 1. The van der Waals surface area contributed by atoms with E-state index in [0.717, 1.165) is 39.9 Å². The van der Waals surface area contributed by atoms with E-state index < -0.39 is 10.0 Å². The summed E-state index contributed by atoms with van der Waals surface area (Å²) in [6.45, 7) is 3.22. The van der Waals surface area contributed by atoms with Crippen LogP contribution in [-0.4, -0.2) is 35.8 Å².